The lowest BCUT2D eigenvalue weighted by molar-refractivity contribution is -0.141. The molecular weight excluding hydrogens is 138 g/mol. The summed E-state index contributed by atoms with van der Waals surface area (Å²) >= 11 is 0. The summed E-state index contributed by atoms with van der Waals surface area (Å²) in [5, 5.41) is 18.6. The molecule has 0 rings (SSSR count). The van der Waals surface area contributed by atoms with Gasteiger partial charge in [0.05, 0.1) is 0 Å². The first-order chi connectivity index (χ1) is 4.72. The van der Waals surface area contributed by atoms with E-state index in [1.165, 1.54) is 0 Å². The number of rotatable bonds is 5. The van der Waals surface area contributed by atoms with E-state index >= 15 is 0 Å². The van der Waals surface area contributed by atoms with Gasteiger partial charge in [-0.3, -0.25) is 4.79 Å². The predicted octanol–water partition coefficient (Wildman–Crippen LogP) is -1.43. The Morgan fingerprint density at radius 3 is 2.60 bits per heavy atom. The number of aliphatic carboxylic acids is 1. The van der Waals surface area contributed by atoms with Crippen LogP contribution in [0.2, 0.25) is 0 Å². The number of amides is 1. The highest BCUT2D eigenvalue weighted by Crippen LogP contribution is 1.88. The summed E-state index contributed by atoms with van der Waals surface area (Å²) in [4.78, 5) is 19.9. The Bertz CT molecular complexity index is 125. The van der Waals surface area contributed by atoms with Crippen LogP contribution in [0.5, 0.6) is 0 Å². The Hall–Kier alpha value is -1.10. The highest BCUT2D eigenvalue weighted by Gasteiger charge is 2.14. The molecule has 0 saturated heterocycles. The van der Waals surface area contributed by atoms with E-state index in [-0.39, 0.29) is 13.0 Å². The van der Waals surface area contributed by atoms with Gasteiger partial charge in [0.1, 0.15) is 6.04 Å². The van der Waals surface area contributed by atoms with E-state index in [1.54, 1.807) is 0 Å². The largest absolute Gasteiger partial charge is 0.480 e. The van der Waals surface area contributed by atoms with Gasteiger partial charge in [0.25, 0.3) is 0 Å². The molecule has 5 heteroatoms. The van der Waals surface area contributed by atoms with Crippen molar-refractivity contribution >= 4 is 12.4 Å². The molecule has 0 aliphatic heterocycles. The van der Waals surface area contributed by atoms with Gasteiger partial charge in [-0.2, -0.15) is 0 Å². The standard InChI is InChI=1S/C5H9NO4/c7-2-1-4(5(9)10)6-3-8/h3-4,7H,1-2H2,(H,6,8)(H,9,10)/t4-/m0/s1. The molecule has 0 aliphatic rings. The van der Waals surface area contributed by atoms with Crippen LogP contribution in [0, 0.1) is 0 Å². The van der Waals surface area contributed by atoms with Gasteiger partial charge < -0.3 is 15.5 Å². The minimum absolute atomic E-state index is 0.0358. The molecule has 0 aromatic carbocycles. The van der Waals surface area contributed by atoms with E-state index in [0.717, 1.165) is 0 Å². The fourth-order valence-electron chi connectivity index (χ4n) is 0.489. The van der Waals surface area contributed by atoms with Crippen LogP contribution in [0.3, 0.4) is 0 Å². The number of carboxylic acid groups (broad SMARTS) is 1. The summed E-state index contributed by atoms with van der Waals surface area (Å²) in [5.41, 5.74) is 0. The second kappa shape index (κ2) is 4.75. The number of carbonyl (C=O) groups excluding carboxylic acids is 1. The SMILES string of the molecule is O=CN[C@@H](CCO)C(=O)O. The molecule has 0 heterocycles. The zero-order valence-electron chi connectivity index (χ0n) is 5.28. The number of carbonyl (C=O) groups is 2. The first-order valence-electron chi connectivity index (χ1n) is 2.75. The summed E-state index contributed by atoms with van der Waals surface area (Å²) in [7, 11) is 0. The number of aliphatic hydroxyl groups excluding tert-OH is 1. The molecule has 0 unspecified atom stereocenters. The third-order valence-corrected chi connectivity index (χ3v) is 0.985. The number of carboxylic acids is 1. The lowest BCUT2D eigenvalue weighted by atomic mass is 10.2. The molecule has 0 aliphatic carbocycles. The van der Waals surface area contributed by atoms with E-state index in [2.05, 4.69) is 0 Å². The molecule has 0 aromatic heterocycles. The lowest BCUT2D eigenvalue weighted by Gasteiger charge is -2.07. The number of nitrogens with one attached hydrogen (secondary N) is 1. The second-order valence-electron chi connectivity index (χ2n) is 1.69. The van der Waals surface area contributed by atoms with Crippen molar-refractivity contribution in [3.05, 3.63) is 0 Å². The quantitative estimate of drug-likeness (QED) is 0.416. The third kappa shape index (κ3) is 3.03. The van der Waals surface area contributed by atoms with Crippen molar-refractivity contribution in [1.29, 1.82) is 0 Å². The van der Waals surface area contributed by atoms with Crippen LogP contribution in [0.15, 0.2) is 0 Å². The van der Waals surface area contributed by atoms with Crippen LogP contribution in [-0.2, 0) is 9.59 Å². The molecule has 58 valence electrons. The van der Waals surface area contributed by atoms with Crippen molar-refractivity contribution < 1.29 is 19.8 Å². The monoisotopic (exact) mass is 147 g/mol. The highest BCUT2D eigenvalue weighted by molar-refractivity contribution is 5.76. The van der Waals surface area contributed by atoms with E-state index < -0.39 is 12.0 Å². The molecule has 0 aromatic rings. The molecular formula is C5H9NO4. The molecule has 0 bridgehead atoms. The lowest BCUT2D eigenvalue weighted by Crippen LogP contribution is -2.36. The molecule has 3 N–H and O–H groups in total. The van der Waals surface area contributed by atoms with E-state index in [4.69, 9.17) is 10.2 Å². The Kier molecular flexibility index (Phi) is 4.23. The van der Waals surface area contributed by atoms with Gasteiger partial charge in [0, 0.05) is 13.0 Å². The maximum Gasteiger partial charge on any atom is 0.326 e. The minimum atomic E-state index is -1.14. The fourth-order valence-corrected chi connectivity index (χ4v) is 0.489. The molecule has 0 fully saturated rings. The summed E-state index contributed by atoms with van der Waals surface area (Å²) in [6.07, 6.45) is 0.336. The molecule has 1 atom stereocenters. The number of aliphatic hydroxyl groups is 1. The summed E-state index contributed by atoms with van der Waals surface area (Å²) in [6, 6.07) is -0.970. The number of hydrogen-bond acceptors (Lipinski definition) is 3. The molecule has 0 radical (unpaired) electrons. The van der Waals surface area contributed by atoms with Crippen LogP contribution >= 0.6 is 0 Å². The van der Waals surface area contributed by atoms with Gasteiger partial charge >= 0.3 is 5.97 Å². The molecule has 1 amide bonds. The molecule has 0 saturated carbocycles. The number of hydrogen-bond donors (Lipinski definition) is 3. The van der Waals surface area contributed by atoms with Gasteiger partial charge in [-0.25, -0.2) is 4.79 Å². The minimum Gasteiger partial charge on any atom is -0.480 e. The fraction of sp³-hybridized carbons (Fsp3) is 0.600. The zero-order chi connectivity index (χ0) is 7.98. The summed E-state index contributed by atoms with van der Waals surface area (Å²) < 4.78 is 0. The van der Waals surface area contributed by atoms with Crippen LogP contribution in [-0.4, -0.2) is 35.2 Å². The Morgan fingerprint density at radius 1 is 1.70 bits per heavy atom. The van der Waals surface area contributed by atoms with Crippen molar-refractivity contribution in [3.8, 4) is 0 Å². The average molecular weight is 147 g/mol. The van der Waals surface area contributed by atoms with Crippen LogP contribution < -0.4 is 5.32 Å². The van der Waals surface area contributed by atoms with Gasteiger partial charge in [-0.15, -0.1) is 0 Å². The summed E-state index contributed by atoms with van der Waals surface area (Å²) in [5.74, 6) is -1.14. The van der Waals surface area contributed by atoms with Crippen molar-refractivity contribution in [2.75, 3.05) is 6.61 Å². The van der Waals surface area contributed by atoms with Crippen LogP contribution in [0.1, 0.15) is 6.42 Å². The average Bonchev–Trinajstić information content (AvgIpc) is 1.87. The van der Waals surface area contributed by atoms with Gasteiger partial charge in [0.15, 0.2) is 0 Å². The van der Waals surface area contributed by atoms with Gasteiger partial charge in [-0.1, -0.05) is 0 Å². The predicted molar refractivity (Wildman–Crippen MR) is 32.3 cm³/mol. The highest BCUT2D eigenvalue weighted by atomic mass is 16.4. The zero-order valence-corrected chi connectivity index (χ0v) is 5.28. The van der Waals surface area contributed by atoms with Crippen molar-refractivity contribution in [2.24, 2.45) is 0 Å². The summed E-state index contributed by atoms with van der Waals surface area (Å²) in [6.45, 7) is -0.252. The van der Waals surface area contributed by atoms with E-state index in [9.17, 15) is 9.59 Å². The molecule has 10 heavy (non-hydrogen) atoms. The van der Waals surface area contributed by atoms with Crippen molar-refractivity contribution in [1.82, 2.24) is 5.32 Å². The van der Waals surface area contributed by atoms with Crippen LogP contribution in [0.25, 0.3) is 0 Å². The van der Waals surface area contributed by atoms with Crippen molar-refractivity contribution in [3.63, 3.8) is 0 Å². The van der Waals surface area contributed by atoms with Gasteiger partial charge in [0.2, 0.25) is 6.41 Å². The van der Waals surface area contributed by atoms with Crippen molar-refractivity contribution in [2.45, 2.75) is 12.5 Å². The molecule has 0 spiro atoms. The maximum absolute atomic E-state index is 10.1. The smallest absolute Gasteiger partial charge is 0.326 e. The Labute approximate surface area is 57.7 Å². The first kappa shape index (κ1) is 8.90. The molecule has 5 nitrogen and oxygen atoms in total. The van der Waals surface area contributed by atoms with Crippen LogP contribution in [0.4, 0.5) is 0 Å². The Balaban J connectivity index is 3.71. The van der Waals surface area contributed by atoms with E-state index in [1.807, 2.05) is 5.32 Å². The first-order valence-corrected chi connectivity index (χ1v) is 2.75. The van der Waals surface area contributed by atoms with E-state index in [0.29, 0.717) is 6.41 Å². The second-order valence-corrected chi connectivity index (χ2v) is 1.69. The topological polar surface area (TPSA) is 86.6 Å². The maximum atomic E-state index is 10.1. The van der Waals surface area contributed by atoms with Gasteiger partial charge in [-0.05, 0) is 0 Å². The normalized spacial score (nSPS) is 12.1. The Morgan fingerprint density at radius 2 is 2.30 bits per heavy atom. The third-order valence-electron chi connectivity index (χ3n) is 0.985.